The van der Waals surface area contributed by atoms with E-state index in [9.17, 15) is 33.6 Å². The number of carbonyl (C=O) groups excluding carboxylic acids is 7. The van der Waals surface area contributed by atoms with Crippen LogP contribution in [0.4, 0.5) is 28.8 Å². The molecule has 8 atom stereocenters. The number of benzene rings is 1. The Bertz CT molecular complexity index is 3690. The van der Waals surface area contributed by atoms with Crippen LogP contribution in [0.5, 0.6) is 0 Å². The minimum absolute atomic E-state index is 0.270. The van der Waals surface area contributed by atoms with Crippen molar-refractivity contribution in [2.45, 2.75) is 256 Å². The molecule has 15 aliphatic heterocycles. The Morgan fingerprint density at radius 1 is 0.311 bits per heavy atom. The van der Waals surface area contributed by atoms with Crippen molar-refractivity contribution in [2.24, 2.45) is 58.7 Å². The molecule has 8 unspecified atom stereocenters. The van der Waals surface area contributed by atoms with E-state index in [0.29, 0.717) is 96.8 Å². The maximum atomic E-state index is 13.4. The van der Waals surface area contributed by atoms with E-state index >= 15 is 0 Å². The number of amides is 13. The molecule has 29 heteroatoms. The largest absolute Gasteiger partial charge is 0.381 e. The molecular weight excluding hydrogens is 1700 g/mol. The van der Waals surface area contributed by atoms with Gasteiger partial charge in [0, 0.05) is 330 Å². The van der Waals surface area contributed by atoms with Gasteiger partial charge in [-0.15, -0.1) is 0 Å². The molecule has 15 saturated heterocycles. The van der Waals surface area contributed by atoms with Gasteiger partial charge in [0.2, 0.25) is 5.91 Å². The molecule has 13 amide bonds. The lowest BCUT2D eigenvalue weighted by Crippen LogP contribution is -2.58. The summed E-state index contributed by atoms with van der Waals surface area (Å²) in [6.07, 6.45) is 13.1. The van der Waals surface area contributed by atoms with Gasteiger partial charge < -0.3 is 68.4 Å². The van der Waals surface area contributed by atoms with Gasteiger partial charge >= 0.3 is 36.2 Å². The Kier molecular flexibility index (Phi) is 38.6. The lowest BCUT2D eigenvalue weighted by molar-refractivity contribution is -0.143. The summed E-state index contributed by atoms with van der Waals surface area (Å²) in [6.45, 7) is 84.7. The van der Waals surface area contributed by atoms with Crippen molar-refractivity contribution in [3.05, 3.63) is 35.9 Å². The highest BCUT2D eigenvalue weighted by Crippen LogP contribution is 2.62. The molecule has 0 radical (unpaired) electrons. The first kappa shape index (κ1) is 106. The zero-order valence-corrected chi connectivity index (χ0v) is 88.3. The number of urea groups is 6. The average molecular weight is 1890 g/mol. The van der Waals surface area contributed by atoms with E-state index in [1.807, 2.05) is 32.9 Å². The molecule has 766 valence electrons. The fourth-order valence-electron chi connectivity index (χ4n) is 24.4. The van der Waals surface area contributed by atoms with Crippen LogP contribution in [0.1, 0.15) is 208 Å². The molecular formula is C106H189N21O8. The van der Waals surface area contributed by atoms with Crippen LogP contribution >= 0.6 is 0 Å². The van der Waals surface area contributed by atoms with E-state index in [4.69, 9.17) is 4.74 Å². The third-order valence-corrected chi connectivity index (χ3v) is 35.2. The minimum Gasteiger partial charge on any atom is -0.381 e. The maximum absolute atomic E-state index is 13.4. The Morgan fingerprint density at radius 3 is 0.993 bits per heavy atom. The van der Waals surface area contributed by atoms with Crippen molar-refractivity contribution in [3.63, 3.8) is 0 Å². The van der Waals surface area contributed by atoms with Gasteiger partial charge in [-0.25, -0.2) is 28.8 Å². The molecule has 29 nitrogen and oxygen atoms in total. The van der Waals surface area contributed by atoms with E-state index in [2.05, 4.69) is 232 Å². The Balaban J connectivity index is 0.000000134. The average Bonchev–Trinajstić information content (AvgIpc) is 1.55. The predicted molar refractivity (Wildman–Crippen MR) is 542 cm³/mol. The molecule has 15 heterocycles. The summed E-state index contributed by atoms with van der Waals surface area (Å²) in [6, 6.07) is 16.8. The summed E-state index contributed by atoms with van der Waals surface area (Å²) in [5.41, 5.74) is 1.26. The minimum atomic E-state index is -0.389. The number of rotatable bonds is 12. The Hall–Kier alpha value is -6.05. The van der Waals surface area contributed by atoms with Crippen molar-refractivity contribution in [1.82, 2.24) is 103 Å². The zero-order chi connectivity index (χ0) is 96.7. The molecule has 19 rings (SSSR count). The monoisotopic (exact) mass is 1880 g/mol. The van der Waals surface area contributed by atoms with E-state index < -0.39 is 0 Å². The van der Waals surface area contributed by atoms with Crippen molar-refractivity contribution in [1.29, 1.82) is 0 Å². The second-order valence-electron chi connectivity index (χ2n) is 46.3. The molecule has 18 aliphatic rings. The van der Waals surface area contributed by atoms with E-state index in [1.165, 1.54) is 64.3 Å². The molecule has 18 fully saturated rings. The van der Waals surface area contributed by atoms with Gasteiger partial charge in [0.05, 0.1) is 5.41 Å². The van der Waals surface area contributed by atoms with Gasteiger partial charge in [-0.05, 0) is 232 Å². The standard InChI is InChI=1S/C19H28N2O2.C15H28N4O.2C15H27N3O.C15H29N3O.C14H27N3O.C13H23N3O/c1-16(2)20-10-12-21(13-11-20)18(22)19(8-14-23-15-9-19)17-6-4-3-5-7-17;1-13(2)16-6-9-18(10-7-16)15(20)19-11-8-17-5-3-4-14(17)12-19;1-11(2)16-5-7-17(8-6-16)14(19)18-9-12-13(10-18)15(12,3)4;1-12(2)16-7-9-17(10-8-16)15(19)18-6-5-14(11-18)13-3-4-13;1-12(2)14-5-6-18(11-14)15(19)17-9-7-16(8-10-17)13(3)4;1-4-13-5-6-17(11-13)14(18)16-9-7-15(8-10-16)12(2)3;1-10(2)14-3-5-15(6-4-14)13(17)16-8-11-7-12(11)9-16/h3-7,16H,8-15H2,1-2H3;13-14H,3-12H2,1-2H3;11-13H,5-10H2,1-4H3;12-14H,3-11H2,1-2H3;12-14H,5-11H2,1-4H3;12-13H,4-11H2,1-3H3;10-12H,3-9H2,1-2H3. The van der Waals surface area contributed by atoms with Crippen LogP contribution < -0.4 is 0 Å². The summed E-state index contributed by atoms with van der Waals surface area (Å²) in [4.78, 5) is 135. The highest BCUT2D eigenvalue weighted by molar-refractivity contribution is 5.89. The number of carbonyl (C=O) groups is 7. The number of piperazine rings is 8. The van der Waals surface area contributed by atoms with E-state index in [0.717, 1.165) is 328 Å². The summed E-state index contributed by atoms with van der Waals surface area (Å²) in [7, 11) is 0. The van der Waals surface area contributed by atoms with Crippen molar-refractivity contribution < 1.29 is 38.3 Å². The normalized spacial score (nSPS) is 28.2. The van der Waals surface area contributed by atoms with Crippen molar-refractivity contribution >= 4 is 42.1 Å². The van der Waals surface area contributed by atoms with Crippen LogP contribution in [0.2, 0.25) is 0 Å². The Labute approximate surface area is 817 Å². The number of fused-ring (bicyclic) bond motifs is 3. The molecule has 1 aromatic rings. The number of likely N-dealkylation sites (tertiary alicyclic amines) is 5. The molecule has 0 bridgehead atoms. The zero-order valence-electron chi connectivity index (χ0n) is 88.3. The van der Waals surface area contributed by atoms with Gasteiger partial charge in [0.15, 0.2) is 0 Å². The summed E-state index contributed by atoms with van der Waals surface area (Å²) >= 11 is 0. The molecule has 135 heavy (non-hydrogen) atoms. The van der Waals surface area contributed by atoms with E-state index in [1.54, 1.807) is 0 Å². The van der Waals surface area contributed by atoms with E-state index in [-0.39, 0.29) is 29.5 Å². The van der Waals surface area contributed by atoms with Crippen LogP contribution in [0.3, 0.4) is 0 Å². The van der Waals surface area contributed by atoms with Crippen molar-refractivity contribution in [3.8, 4) is 0 Å². The SMILES string of the molecule is CC(C)C1CCN(C(=O)N2CCN(C(C)C)CC2)C1.CC(C)N1CCN(C(=O)C2(c3ccccc3)CCOCC2)CC1.CC(C)N1CCN(C(=O)N2CC3C(C2)C3(C)C)CC1.CC(C)N1CCN(C(=O)N2CC3CC3C2)CC1.CC(C)N1CCN(C(=O)N2CCC(C3CC3)C2)CC1.CC(C)N1CCN(C(=O)N2CCN3CCCC3C2)CC1.CCC1CCN(C(=O)N2CCN(C(C)C)CC2)C1. The topological polar surface area (TPSA) is 197 Å². The highest BCUT2D eigenvalue weighted by atomic mass is 16.5. The van der Waals surface area contributed by atoms with Crippen LogP contribution in [-0.2, 0) is 14.9 Å². The number of hydrogen-bond donors (Lipinski definition) is 0. The number of nitrogens with zero attached hydrogens (tertiary/aromatic N) is 21. The number of ether oxygens (including phenoxy) is 1. The first-order valence-corrected chi connectivity index (χ1v) is 54.7. The smallest absolute Gasteiger partial charge is 0.320 e. The van der Waals surface area contributed by atoms with Gasteiger partial charge in [-0.3, -0.25) is 44.0 Å². The summed E-state index contributed by atoms with van der Waals surface area (Å²) < 4.78 is 5.55. The second kappa shape index (κ2) is 49.1. The van der Waals surface area contributed by atoms with Gasteiger partial charge in [0.1, 0.15) is 0 Å². The maximum Gasteiger partial charge on any atom is 0.320 e. The highest BCUT2D eigenvalue weighted by Gasteiger charge is 2.63. The first-order valence-electron chi connectivity index (χ1n) is 54.7. The Morgan fingerprint density at radius 2 is 0.637 bits per heavy atom. The molecule has 3 saturated carbocycles. The third kappa shape index (κ3) is 28.1. The predicted octanol–water partition coefficient (Wildman–Crippen LogP) is 11.8. The van der Waals surface area contributed by atoms with Gasteiger partial charge in [-0.1, -0.05) is 71.4 Å². The second-order valence-corrected chi connectivity index (χ2v) is 46.3. The number of piperidine rings is 2. The molecule has 0 spiro atoms. The van der Waals surface area contributed by atoms with Crippen LogP contribution in [0.25, 0.3) is 0 Å². The lowest BCUT2D eigenvalue weighted by atomic mass is 9.73. The quantitative estimate of drug-likeness (QED) is 0.191. The lowest BCUT2D eigenvalue weighted by Gasteiger charge is -2.43. The molecule has 0 N–H and O–H groups in total. The van der Waals surface area contributed by atoms with Gasteiger partial charge in [-0.2, -0.15) is 0 Å². The molecule has 3 aliphatic carbocycles. The molecule has 1 aromatic carbocycles. The first-order chi connectivity index (χ1) is 64.6. The summed E-state index contributed by atoms with van der Waals surface area (Å²) in [5, 5.41) is 0. The van der Waals surface area contributed by atoms with Crippen LogP contribution in [0, 0.1) is 58.7 Å². The fraction of sp³-hybridized carbons (Fsp3) is 0.877. The van der Waals surface area contributed by atoms with Crippen LogP contribution in [-0.4, -0.2) is 481 Å². The van der Waals surface area contributed by atoms with Crippen LogP contribution in [0.15, 0.2) is 30.3 Å². The number of hydrogen-bond acceptors (Lipinski definition) is 16. The molecule has 0 aromatic heterocycles. The van der Waals surface area contributed by atoms with Crippen molar-refractivity contribution in [2.75, 3.05) is 288 Å². The fourth-order valence-corrected chi connectivity index (χ4v) is 24.4. The summed E-state index contributed by atoms with van der Waals surface area (Å²) in [5.74, 6) is 7.36. The van der Waals surface area contributed by atoms with Gasteiger partial charge in [0.25, 0.3) is 0 Å². The third-order valence-electron chi connectivity index (χ3n) is 35.2.